The van der Waals surface area contributed by atoms with Crippen molar-refractivity contribution in [3.63, 3.8) is 0 Å². The van der Waals surface area contributed by atoms with E-state index in [9.17, 15) is 0 Å². The molecule has 0 atom stereocenters. The van der Waals surface area contributed by atoms with Crippen molar-refractivity contribution in [3.8, 4) is 10.4 Å². The molecule has 1 nitrogen and oxygen atoms in total. The van der Waals surface area contributed by atoms with Crippen molar-refractivity contribution in [2.75, 3.05) is 0 Å². The summed E-state index contributed by atoms with van der Waals surface area (Å²) in [5.74, 6) is 0. The van der Waals surface area contributed by atoms with Crippen LogP contribution in [-0.2, 0) is 6.54 Å². The van der Waals surface area contributed by atoms with Gasteiger partial charge in [-0.15, -0.1) is 11.3 Å². The number of nitrogens with one attached hydrogen (secondary N) is 1. The molecule has 0 spiro atoms. The topological polar surface area (TPSA) is 12.0 Å². The summed E-state index contributed by atoms with van der Waals surface area (Å²) in [5, 5.41) is 6.28. The number of hydrogen-bond acceptors (Lipinski definition) is 2. The average Bonchev–Trinajstić information content (AvgIpc) is 2.73. The Balaban J connectivity index is 2.20. The molecule has 0 unspecified atom stereocenters. The molecule has 0 fully saturated rings. The van der Waals surface area contributed by atoms with Gasteiger partial charge in [-0.2, -0.15) is 0 Å². The van der Waals surface area contributed by atoms with Gasteiger partial charge in [0.1, 0.15) is 0 Å². The number of rotatable bonds is 4. The molecule has 0 radical (unpaired) electrons. The molecule has 1 aromatic heterocycles. The van der Waals surface area contributed by atoms with E-state index < -0.39 is 0 Å². The van der Waals surface area contributed by atoms with Crippen LogP contribution in [-0.4, -0.2) is 6.04 Å². The molecule has 2 aromatic rings. The minimum Gasteiger partial charge on any atom is -0.310 e. The van der Waals surface area contributed by atoms with Gasteiger partial charge in [-0.25, -0.2) is 0 Å². The molecule has 1 N–H and O–H groups in total. The Bertz CT molecular complexity index is 490. The van der Waals surface area contributed by atoms with Crippen molar-refractivity contribution in [3.05, 3.63) is 46.3 Å². The lowest BCUT2D eigenvalue weighted by Gasteiger charge is -2.09. The maximum atomic E-state index is 6.15. The van der Waals surface area contributed by atoms with Gasteiger partial charge < -0.3 is 5.32 Å². The van der Waals surface area contributed by atoms with Gasteiger partial charge in [-0.1, -0.05) is 43.6 Å². The Labute approximate surface area is 111 Å². The fraction of sp³-hybridized carbons (Fsp3) is 0.286. The van der Waals surface area contributed by atoms with Crippen molar-refractivity contribution < 1.29 is 0 Å². The monoisotopic (exact) mass is 265 g/mol. The van der Waals surface area contributed by atoms with E-state index in [0.717, 1.165) is 16.4 Å². The van der Waals surface area contributed by atoms with Crippen LogP contribution in [0, 0.1) is 0 Å². The van der Waals surface area contributed by atoms with Crippen molar-refractivity contribution in [1.29, 1.82) is 0 Å². The second-order valence-electron chi connectivity index (χ2n) is 4.33. The third-order valence-corrected chi connectivity index (χ3v) is 3.91. The van der Waals surface area contributed by atoms with Crippen LogP contribution in [0.5, 0.6) is 0 Å². The predicted octanol–water partition coefficient (Wildman–Crippen LogP) is 4.57. The minimum absolute atomic E-state index is 0.504. The number of halogens is 1. The average molecular weight is 266 g/mol. The molecule has 0 aliphatic carbocycles. The summed E-state index contributed by atoms with van der Waals surface area (Å²) >= 11 is 7.83. The normalized spacial score (nSPS) is 11.1. The van der Waals surface area contributed by atoms with Crippen LogP contribution in [0.2, 0.25) is 5.02 Å². The summed E-state index contributed by atoms with van der Waals surface area (Å²) in [6.07, 6.45) is 0. The first-order chi connectivity index (χ1) is 8.16. The van der Waals surface area contributed by atoms with Crippen LogP contribution in [0.25, 0.3) is 10.4 Å². The van der Waals surface area contributed by atoms with E-state index in [-0.39, 0.29) is 0 Å². The molecule has 3 heteroatoms. The number of benzene rings is 1. The molecule has 2 rings (SSSR count). The molecule has 0 saturated heterocycles. The van der Waals surface area contributed by atoms with Gasteiger partial charge in [-0.05, 0) is 28.6 Å². The lowest BCUT2D eigenvalue weighted by atomic mass is 10.1. The largest absolute Gasteiger partial charge is 0.310 e. The Kier molecular flexibility index (Phi) is 4.21. The van der Waals surface area contributed by atoms with Crippen molar-refractivity contribution >= 4 is 22.9 Å². The minimum atomic E-state index is 0.504. The lowest BCUT2D eigenvalue weighted by molar-refractivity contribution is 0.589. The zero-order valence-electron chi connectivity index (χ0n) is 10.0. The van der Waals surface area contributed by atoms with Crippen molar-refractivity contribution in [2.45, 2.75) is 26.4 Å². The first kappa shape index (κ1) is 12.6. The van der Waals surface area contributed by atoms with Gasteiger partial charge in [0, 0.05) is 12.6 Å². The van der Waals surface area contributed by atoms with E-state index in [2.05, 4.69) is 43.4 Å². The van der Waals surface area contributed by atoms with Crippen LogP contribution >= 0.6 is 22.9 Å². The molecule has 0 aliphatic heterocycles. The molecule has 0 amide bonds. The zero-order chi connectivity index (χ0) is 12.3. The van der Waals surface area contributed by atoms with Crippen LogP contribution in [0.4, 0.5) is 0 Å². The Hall–Kier alpha value is -0.830. The molecule has 1 heterocycles. The molecule has 0 bridgehead atoms. The van der Waals surface area contributed by atoms with E-state index >= 15 is 0 Å². The standard InChI is InChI=1S/C14H16ClNS/c1-10(2)16-9-11-4-3-5-12(8-11)14-13(15)6-7-17-14/h3-8,10,16H,9H2,1-2H3. The highest BCUT2D eigenvalue weighted by Gasteiger charge is 2.05. The molecular formula is C14H16ClNS. The molecule has 0 saturated carbocycles. The first-order valence-electron chi connectivity index (χ1n) is 5.72. The molecule has 17 heavy (non-hydrogen) atoms. The third-order valence-electron chi connectivity index (χ3n) is 2.52. The zero-order valence-corrected chi connectivity index (χ0v) is 11.6. The van der Waals surface area contributed by atoms with E-state index in [1.54, 1.807) is 11.3 Å². The second-order valence-corrected chi connectivity index (χ2v) is 5.66. The maximum Gasteiger partial charge on any atom is 0.0592 e. The summed E-state index contributed by atoms with van der Waals surface area (Å²) in [6.45, 7) is 5.20. The van der Waals surface area contributed by atoms with E-state index in [4.69, 9.17) is 11.6 Å². The fourth-order valence-corrected chi connectivity index (χ4v) is 2.81. The molecule has 1 aromatic carbocycles. The smallest absolute Gasteiger partial charge is 0.0592 e. The van der Waals surface area contributed by atoms with Crippen LogP contribution in [0.15, 0.2) is 35.7 Å². The highest BCUT2D eigenvalue weighted by molar-refractivity contribution is 7.14. The van der Waals surface area contributed by atoms with Crippen LogP contribution in [0.1, 0.15) is 19.4 Å². The van der Waals surface area contributed by atoms with E-state index in [1.807, 2.05) is 11.4 Å². The van der Waals surface area contributed by atoms with Gasteiger partial charge >= 0.3 is 0 Å². The van der Waals surface area contributed by atoms with E-state index in [1.165, 1.54) is 11.1 Å². The van der Waals surface area contributed by atoms with Crippen molar-refractivity contribution in [1.82, 2.24) is 5.32 Å². The van der Waals surface area contributed by atoms with Gasteiger partial charge in [0.05, 0.1) is 9.90 Å². The van der Waals surface area contributed by atoms with Gasteiger partial charge in [0.2, 0.25) is 0 Å². The quantitative estimate of drug-likeness (QED) is 0.854. The van der Waals surface area contributed by atoms with Crippen molar-refractivity contribution in [2.24, 2.45) is 0 Å². The molecule has 0 aliphatic rings. The fourth-order valence-electron chi connectivity index (χ4n) is 1.64. The first-order valence-corrected chi connectivity index (χ1v) is 6.98. The summed E-state index contributed by atoms with van der Waals surface area (Å²) in [5.41, 5.74) is 2.49. The van der Waals surface area contributed by atoms with Gasteiger partial charge in [0.15, 0.2) is 0 Å². The second kappa shape index (κ2) is 5.67. The molecular weight excluding hydrogens is 250 g/mol. The SMILES string of the molecule is CC(C)NCc1cccc(-c2sccc2Cl)c1. The summed E-state index contributed by atoms with van der Waals surface area (Å²) in [4.78, 5) is 1.15. The van der Waals surface area contributed by atoms with E-state index in [0.29, 0.717) is 6.04 Å². The summed E-state index contributed by atoms with van der Waals surface area (Å²) in [6, 6.07) is 11.0. The number of hydrogen-bond donors (Lipinski definition) is 1. The van der Waals surface area contributed by atoms with Crippen LogP contribution in [0.3, 0.4) is 0 Å². The Morgan fingerprint density at radius 2 is 2.12 bits per heavy atom. The van der Waals surface area contributed by atoms with Gasteiger partial charge in [-0.3, -0.25) is 0 Å². The predicted molar refractivity (Wildman–Crippen MR) is 76.7 cm³/mol. The summed E-state index contributed by atoms with van der Waals surface area (Å²) < 4.78 is 0. The third kappa shape index (κ3) is 3.32. The Morgan fingerprint density at radius 3 is 2.76 bits per heavy atom. The highest BCUT2D eigenvalue weighted by atomic mass is 35.5. The number of thiophene rings is 1. The molecule has 90 valence electrons. The van der Waals surface area contributed by atoms with Crippen LogP contribution < -0.4 is 5.32 Å². The lowest BCUT2D eigenvalue weighted by Crippen LogP contribution is -2.21. The summed E-state index contributed by atoms with van der Waals surface area (Å²) in [7, 11) is 0. The maximum absolute atomic E-state index is 6.15. The Morgan fingerprint density at radius 1 is 1.29 bits per heavy atom. The highest BCUT2D eigenvalue weighted by Crippen LogP contribution is 2.33. The van der Waals surface area contributed by atoms with Gasteiger partial charge in [0.25, 0.3) is 0 Å².